The highest BCUT2D eigenvalue weighted by molar-refractivity contribution is 6.00. The predicted molar refractivity (Wildman–Crippen MR) is 151 cm³/mol. The van der Waals surface area contributed by atoms with Gasteiger partial charge in [-0.25, -0.2) is 0 Å². The normalized spacial score (nSPS) is 14.4. The van der Waals surface area contributed by atoms with Crippen LogP contribution in [0.25, 0.3) is 21.5 Å². The summed E-state index contributed by atoms with van der Waals surface area (Å²) in [7, 11) is 1.55. The average Bonchev–Trinajstić information content (AvgIpc) is 3.70. The summed E-state index contributed by atoms with van der Waals surface area (Å²) in [6.07, 6.45) is 5.18. The first-order valence-electron chi connectivity index (χ1n) is 12.8. The third kappa shape index (κ3) is 6.18. The standard InChI is InChI=1S/C14H14N2O2.C11H9NO3.C4H9N/c17-16(18)14-8-7-13(15-9-3-4-10-15)11-5-1-2-6-12(11)14;1-15-11-7-6-10(12(13)14)8-4-2-3-5-9(8)11;1-2-4-5-3-1/h1-2,5-8H,3-4,9-10H2;2-7H,1H3;5H,1-4H2. The zero-order chi connectivity index (χ0) is 26.9. The second-order valence-electron chi connectivity index (χ2n) is 9.15. The Hall–Kier alpha value is -4.24. The minimum atomic E-state index is -0.387. The lowest BCUT2D eigenvalue weighted by Crippen LogP contribution is -2.17. The van der Waals surface area contributed by atoms with Crippen LogP contribution in [0.1, 0.15) is 25.7 Å². The number of hydrogen-bond donors (Lipinski definition) is 1. The van der Waals surface area contributed by atoms with E-state index in [1.54, 1.807) is 37.4 Å². The molecule has 0 aliphatic carbocycles. The third-order valence-corrected chi connectivity index (χ3v) is 6.76. The van der Waals surface area contributed by atoms with E-state index in [1.165, 1.54) is 44.8 Å². The maximum absolute atomic E-state index is 11.0. The zero-order valence-electron chi connectivity index (χ0n) is 21.5. The number of nitro groups is 2. The fourth-order valence-corrected chi connectivity index (χ4v) is 4.88. The number of ether oxygens (including phenoxy) is 1. The van der Waals surface area contributed by atoms with Crippen LogP contribution in [0.3, 0.4) is 0 Å². The molecule has 38 heavy (non-hydrogen) atoms. The number of nitro benzene ring substituents is 2. The first-order chi connectivity index (χ1) is 18.5. The Bertz CT molecular complexity index is 1410. The van der Waals surface area contributed by atoms with Gasteiger partial charge in [-0.2, -0.15) is 0 Å². The number of methoxy groups -OCH3 is 1. The molecule has 4 aromatic carbocycles. The Morgan fingerprint density at radius 3 is 1.68 bits per heavy atom. The largest absolute Gasteiger partial charge is 0.496 e. The van der Waals surface area contributed by atoms with Crippen molar-refractivity contribution in [2.45, 2.75) is 25.7 Å². The molecular formula is C29H32N4O5. The van der Waals surface area contributed by atoms with Crippen LogP contribution in [0.15, 0.2) is 72.8 Å². The molecule has 2 heterocycles. The van der Waals surface area contributed by atoms with Crippen molar-refractivity contribution >= 4 is 38.6 Å². The molecule has 4 aromatic rings. The van der Waals surface area contributed by atoms with E-state index in [-0.39, 0.29) is 21.2 Å². The Kier molecular flexibility index (Phi) is 9.05. The van der Waals surface area contributed by atoms with E-state index in [0.717, 1.165) is 34.9 Å². The van der Waals surface area contributed by atoms with E-state index >= 15 is 0 Å². The third-order valence-electron chi connectivity index (χ3n) is 6.76. The quantitative estimate of drug-likeness (QED) is 0.244. The van der Waals surface area contributed by atoms with Gasteiger partial charge in [0.25, 0.3) is 11.4 Å². The summed E-state index contributed by atoms with van der Waals surface area (Å²) in [5.74, 6) is 0.649. The van der Waals surface area contributed by atoms with Gasteiger partial charge in [-0.15, -0.1) is 0 Å². The lowest BCUT2D eigenvalue weighted by atomic mass is 10.1. The maximum atomic E-state index is 11.0. The highest BCUT2D eigenvalue weighted by Crippen LogP contribution is 2.35. The number of hydrogen-bond acceptors (Lipinski definition) is 7. The Morgan fingerprint density at radius 2 is 1.18 bits per heavy atom. The van der Waals surface area contributed by atoms with Crippen LogP contribution >= 0.6 is 0 Å². The van der Waals surface area contributed by atoms with Gasteiger partial charge in [0.2, 0.25) is 0 Å². The molecule has 0 aromatic heterocycles. The molecule has 9 heteroatoms. The minimum absolute atomic E-state index is 0.103. The van der Waals surface area contributed by atoms with Gasteiger partial charge in [-0.05, 0) is 63.0 Å². The summed E-state index contributed by atoms with van der Waals surface area (Å²) in [5, 5.41) is 28.1. The highest BCUT2D eigenvalue weighted by atomic mass is 16.6. The zero-order valence-corrected chi connectivity index (χ0v) is 21.5. The molecule has 0 bridgehead atoms. The van der Waals surface area contributed by atoms with Crippen molar-refractivity contribution in [3.8, 4) is 5.75 Å². The molecular weight excluding hydrogens is 484 g/mol. The van der Waals surface area contributed by atoms with Crippen LogP contribution in [0.2, 0.25) is 0 Å². The van der Waals surface area contributed by atoms with Gasteiger partial charge >= 0.3 is 0 Å². The number of rotatable bonds is 4. The van der Waals surface area contributed by atoms with Crippen molar-refractivity contribution in [2.75, 3.05) is 38.2 Å². The molecule has 0 atom stereocenters. The summed E-state index contributed by atoms with van der Waals surface area (Å²) < 4.78 is 5.14. The average molecular weight is 517 g/mol. The van der Waals surface area contributed by atoms with Crippen molar-refractivity contribution < 1.29 is 14.6 Å². The number of benzene rings is 4. The number of nitrogens with one attached hydrogen (secondary N) is 1. The molecule has 2 fully saturated rings. The first kappa shape index (κ1) is 26.8. The van der Waals surface area contributed by atoms with E-state index in [2.05, 4.69) is 10.2 Å². The van der Waals surface area contributed by atoms with Crippen molar-refractivity contribution in [1.29, 1.82) is 0 Å². The lowest BCUT2D eigenvalue weighted by molar-refractivity contribution is -0.383. The van der Waals surface area contributed by atoms with Crippen LogP contribution in [0.5, 0.6) is 5.75 Å². The molecule has 1 N–H and O–H groups in total. The molecule has 0 unspecified atom stereocenters. The summed E-state index contributed by atoms with van der Waals surface area (Å²) in [6, 6.07) is 21.3. The van der Waals surface area contributed by atoms with Crippen molar-refractivity contribution in [2.24, 2.45) is 0 Å². The molecule has 0 amide bonds. The maximum Gasteiger partial charge on any atom is 0.277 e. The molecule has 2 saturated heterocycles. The van der Waals surface area contributed by atoms with E-state index < -0.39 is 0 Å². The van der Waals surface area contributed by atoms with Crippen LogP contribution in [0.4, 0.5) is 17.1 Å². The second-order valence-corrected chi connectivity index (χ2v) is 9.15. The van der Waals surface area contributed by atoms with Crippen LogP contribution in [-0.2, 0) is 0 Å². The fraction of sp³-hybridized carbons (Fsp3) is 0.310. The topological polar surface area (TPSA) is 111 Å². The van der Waals surface area contributed by atoms with Crippen LogP contribution in [-0.4, -0.2) is 43.1 Å². The van der Waals surface area contributed by atoms with Gasteiger partial charge in [-0.1, -0.05) is 36.4 Å². The van der Waals surface area contributed by atoms with E-state index in [1.807, 2.05) is 36.4 Å². The van der Waals surface area contributed by atoms with Gasteiger partial charge < -0.3 is 15.0 Å². The van der Waals surface area contributed by atoms with E-state index in [9.17, 15) is 20.2 Å². The molecule has 2 aliphatic heterocycles. The van der Waals surface area contributed by atoms with Crippen molar-refractivity contribution in [1.82, 2.24) is 5.32 Å². The predicted octanol–water partition coefficient (Wildman–Crippen LogP) is 6.47. The molecule has 9 nitrogen and oxygen atoms in total. The molecule has 2 aliphatic rings. The minimum Gasteiger partial charge on any atom is -0.496 e. The summed E-state index contributed by atoms with van der Waals surface area (Å²) in [5.41, 5.74) is 1.41. The van der Waals surface area contributed by atoms with Crippen LogP contribution in [0, 0.1) is 20.2 Å². The Balaban J connectivity index is 0.000000151. The fourth-order valence-electron chi connectivity index (χ4n) is 4.88. The van der Waals surface area contributed by atoms with Crippen LogP contribution < -0.4 is 15.0 Å². The molecule has 198 valence electrons. The molecule has 0 saturated carbocycles. The molecule has 0 radical (unpaired) electrons. The molecule has 6 rings (SSSR count). The highest BCUT2D eigenvalue weighted by Gasteiger charge is 2.19. The monoisotopic (exact) mass is 516 g/mol. The number of anilines is 1. The van der Waals surface area contributed by atoms with Gasteiger partial charge in [0.15, 0.2) is 0 Å². The summed E-state index contributed by atoms with van der Waals surface area (Å²) >= 11 is 0. The van der Waals surface area contributed by atoms with Gasteiger partial charge in [0, 0.05) is 41.7 Å². The Labute approximate surface area is 221 Å². The number of nitrogens with zero attached hydrogens (tertiary/aromatic N) is 3. The van der Waals surface area contributed by atoms with Gasteiger partial charge in [0.05, 0.1) is 27.7 Å². The second kappa shape index (κ2) is 12.8. The smallest absolute Gasteiger partial charge is 0.277 e. The van der Waals surface area contributed by atoms with E-state index in [4.69, 9.17) is 4.74 Å². The number of fused-ring (bicyclic) bond motifs is 2. The Morgan fingerprint density at radius 1 is 0.684 bits per heavy atom. The van der Waals surface area contributed by atoms with E-state index in [0.29, 0.717) is 11.1 Å². The van der Waals surface area contributed by atoms with Gasteiger partial charge in [0.1, 0.15) is 5.75 Å². The summed E-state index contributed by atoms with van der Waals surface area (Å²) in [4.78, 5) is 23.4. The SMILES string of the molecule is C1CCNC1.COc1ccc([N+](=O)[O-])c2ccccc12.O=[N+]([O-])c1ccc(N2CCCC2)c2ccccc12. The number of non-ortho nitro benzene ring substituents is 2. The summed E-state index contributed by atoms with van der Waals surface area (Å²) in [6.45, 7) is 4.59. The van der Waals surface area contributed by atoms with Crippen molar-refractivity contribution in [3.05, 3.63) is 93.0 Å². The van der Waals surface area contributed by atoms with Gasteiger partial charge in [-0.3, -0.25) is 20.2 Å². The van der Waals surface area contributed by atoms with Crippen molar-refractivity contribution in [3.63, 3.8) is 0 Å². The first-order valence-corrected chi connectivity index (χ1v) is 12.8. The lowest BCUT2D eigenvalue weighted by Gasteiger charge is -2.19. The molecule has 0 spiro atoms.